The summed E-state index contributed by atoms with van der Waals surface area (Å²) in [6, 6.07) is 4.26. The van der Waals surface area contributed by atoms with Gasteiger partial charge in [-0.05, 0) is 51.0 Å². The fourth-order valence-corrected chi connectivity index (χ4v) is 2.56. The van der Waals surface area contributed by atoms with E-state index in [0.29, 0.717) is 12.5 Å². The fourth-order valence-electron chi connectivity index (χ4n) is 2.31. The highest BCUT2D eigenvalue weighted by molar-refractivity contribution is 6.33. The summed E-state index contributed by atoms with van der Waals surface area (Å²) >= 11 is 5.86. The van der Waals surface area contributed by atoms with Crippen molar-refractivity contribution in [3.8, 4) is 0 Å². The zero-order chi connectivity index (χ0) is 13.8. The van der Waals surface area contributed by atoms with E-state index in [-0.39, 0.29) is 10.6 Å². The average Bonchev–Trinajstić information content (AvgIpc) is 2.38. The number of hydrogen-bond donors (Lipinski definition) is 1. The molecule has 0 bridgehead atoms. The van der Waals surface area contributed by atoms with Crippen LogP contribution in [-0.4, -0.2) is 37.5 Å². The summed E-state index contributed by atoms with van der Waals surface area (Å²) in [5.41, 5.74) is -0.0582. The van der Waals surface area contributed by atoms with E-state index in [0.717, 1.165) is 25.9 Å². The van der Waals surface area contributed by atoms with E-state index in [1.54, 1.807) is 0 Å². The minimum absolute atomic E-state index is 0.0582. The smallest absolute Gasteiger partial charge is 0.255 e. The van der Waals surface area contributed by atoms with Crippen LogP contribution >= 0.6 is 11.6 Å². The number of carbonyl (C=O) groups is 1. The predicted molar refractivity (Wildman–Crippen MR) is 74.0 cm³/mol. The normalized spacial score (nSPS) is 17.4. The Bertz CT molecular complexity index is 439. The lowest BCUT2D eigenvalue weighted by molar-refractivity contribution is 0.0935. The summed E-state index contributed by atoms with van der Waals surface area (Å²) in [5.74, 6) is -0.541. The number of piperidine rings is 1. The molecule has 0 saturated carbocycles. The van der Waals surface area contributed by atoms with Gasteiger partial charge in [0.1, 0.15) is 5.82 Å². The monoisotopic (exact) mass is 284 g/mol. The van der Waals surface area contributed by atoms with Crippen molar-refractivity contribution >= 4 is 17.5 Å². The highest BCUT2D eigenvalue weighted by atomic mass is 35.5. The van der Waals surface area contributed by atoms with E-state index >= 15 is 0 Å². The Labute approximate surface area is 117 Å². The van der Waals surface area contributed by atoms with Crippen LogP contribution in [0.1, 0.15) is 23.2 Å². The van der Waals surface area contributed by atoms with Gasteiger partial charge in [-0.2, -0.15) is 0 Å². The van der Waals surface area contributed by atoms with Crippen LogP contribution in [0.4, 0.5) is 4.39 Å². The molecule has 1 fully saturated rings. The lowest BCUT2D eigenvalue weighted by Crippen LogP contribution is -2.37. The van der Waals surface area contributed by atoms with Gasteiger partial charge in [-0.1, -0.05) is 17.7 Å². The molecular weight excluding hydrogens is 267 g/mol. The fraction of sp³-hybridized carbons (Fsp3) is 0.500. The van der Waals surface area contributed by atoms with E-state index < -0.39 is 11.7 Å². The number of halogens is 2. The maximum Gasteiger partial charge on any atom is 0.255 e. The molecule has 1 aromatic carbocycles. The number of nitrogens with zero attached hydrogens (tertiary/aromatic N) is 1. The molecule has 0 unspecified atom stereocenters. The number of carbonyl (C=O) groups excluding carboxylic acids is 1. The zero-order valence-corrected chi connectivity index (χ0v) is 11.7. The van der Waals surface area contributed by atoms with Crippen LogP contribution in [0.3, 0.4) is 0 Å². The number of rotatable bonds is 3. The number of hydrogen-bond acceptors (Lipinski definition) is 2. The largest absolute Gasteiger partial charge is 0.352 e. The van der Waals surface area contributed by atoms with Crippen LogP contribution in [0.15, 0.2) is 18.2 Å². The van der Waals surface area contributed by atoms with Gasteiger partial charge in [-0.15, -0.1) is 0 Å². The minimum Gasteiger partial charge on any atom is -0.352 e. The minimum atomic E-state index is -0.576. The van der Waals surface area contributed by atoms with Crippen LogP contribution in [0.2, 0.25) is 5.02 Å². The van der Waals surface area contributed by atoms with Crippen molar-refractivity contribution in [1.29, 1.82) is 0 Å². The van der Waals surface area contributed by atoms with Gasteiger partial charge < -0.3 is 10.2 Å². The molecule has 2 rings (SSSR count). The van der Waals surface area contributed by atoms with Crippen LogP contribution < -0.4 is 5.32 Å². The molecular formula is C14H18ClFN2O. The summed E-state index contributed by atoms with van der Waals surface area (Å²) in [5, 5.41) is 2.94. The molecule has 104 valence electrons. The number of benzene rings is 1. The van der Waals surface area contributed by atoms with Crippen molar-refractivity contribution in [2.75, 3.05) is 26.7 Å². The summed E-state index contributed by atoms with van der Waals surface area (Å²) < 4.78 is 13.6. The molecule has 3 nitrogen and oxygen atoms in total. The molecule has 1 saturated heterocycles. The van der Waals surface area contributed by atoms with Crippen molar-refractivity contribution in [3.05, 3.63) is 34.6 Å². The summed E-state index contributed by atoms with van der Waals surface area (Å²) in [4.78, 5) is 14.2. The van der Waals surface area contributed by atoms with E-state index in [1.165, 1.54) is 18.2 Å². The van der Waals surface area contributed by atoms with Gasteiger partial charge in [0.15, 0.2) is 0 Å². The van der Waals surface area contributed by atoms with Crippen molar-refractivity contribution in [1.82, 2.24) is 10.2 Å². The second kappa shape index (κ2) is 6.35. The van der Waals surface area contributed by atoms with E-state index in [4.69, 9.17) is 11.6 Å². The van der Waals surface area contributed by atoms with Crippen LogP contribution in [0.25, 0.3) is 0 Å². The van der Waals surface area contributed by atoms with Gasteiger partial charge in [0.2, 0.25) is 0 Å². The number of likely N-dealkylation sites (tertiary alicyclic amines) is 1. The molecule has 1 aliphatic rings. The molecule has 1 amide bonds. The van der Waals surface area contributed by atoms with Crippen molar-refractivity contribution in [2.45, 2.75) is 12.8 Å². The first kappa shape index (κ1) is 14.3. The first-order chi connectivity index (χ1) is 9.08. The maximum absolute atomic E-state index is 13.6. The second-order valence-corrected chi connectivity index (χ2v) is 5.46. The predicted octanol–water partition coefficient (Wildman–Crippen LogP) is 2.55. The first-order valence-electron chi connectivity index (χ1n) is 6.48. The Hall–Kier alpha value is -1.13. The SMILES string of the molecule is CN1CCC(CNC(=O)c2c(F)cccc2Cl)CC1. The zero-order valence-electron chi connectivity index (χ0n) is 11.0. The molecule has 0 radical (unpaired) electrons. The quantitative estimate of drug-likeness (QED) is 0.925. The lowest BCUT2D eigenvalue weighted by atomic mass is 9.97. The van der Waals surface area contributed by atoms with E-state index in [2.05, 4.69) is 17.3 Å². The molecule has 5 heteroatoms. The van der Waals surface area contributed by atoms with Crippen LogP contribution in [0.5, 0.6) is 0 Å². The van der Waals surface area contributed by atoms with Crippen molar-refractivity contribution in [2.24, 2.45) is 5.92 Å². The Morgan fingerprint density at radius 2 is 2.16 bits per heavy atom. The van der Waals surface area contributed by atoms with Gasteiger partial charge in [-0.3, -0.25) is 4.79 Å². The first-order valence-corrected chi connectivity index (χ1v) is 6.86. The molecule has 0 aromatic heterocycles. The average molecular weight is 285 g/mol. The van der Waals surface area contributed by atoms with Gasteiger partial charge in [0, 0.05) is 6.54 Å². The number of amides is 1. The molecule has 19 heavy (non-hydrogen) atoms. The third-order valence-electron chi connectivity index (χ3n) is 3.58. The molecule has 1 aliphatic heterocycles. The van der Waals surface area contributed by atoms with Crippen molar-refractivity contribution in [3.63, 3.8) is 0 Å². The summed E-state index contributed by atoms with van der Waals surface area (Å²) in [7, 11) is 2.09. The Morgan fingerprint density at radius 1 is 1.47 bits per heavy atom. The van der Waals surface area contributed by atoms with Gasteiger partial charge in [0.05, 0.1) is 10.6 Å². The highest BCUT2D eigenvalue weighted by Crippen LogP contribution is 2.19. The topological polar surface area (TPSA) is 32.3 Å². The molecule has 1 aromatic rings. The van der Waals surface area contributed by atoms with E-state index in [1.807, 2.05) is 0 Å². The molecule has 0 atom stereocenters. The standard InChI is InChI=1S/C14H18ClFN2O/c1-18-7-5-10(6-8-18)9-17-14(19)13-11(15)3-2-4-12(13)16/h2-4,10H,5-9H2,1H3,(H,17,19). The van der Waals surface area contributed by atoms with E-state index in [9.17, 15) is 9.18 Å². The Kier molecular flexibility index (Phi) is 4.77. The maximum atomic E-state index is 13.6. The Balaban J connectivity index is 1.91. The van der Waals surface area contributed by atoms with Crippen molar-refractivity contribution < 1.29 is 9.18 Å². The second-order valence-electron chi connectivity index (χ2n) is 5.05. The highest BCUT2D eigenvalue weighted by Gasteiger charge is 2.19. The molecule has 0 aliphatic carbocycles. The third-order valence-corrected chi connectivity index (χ3v) is 3.89. The molecule has 1 N–H and O–H groups in total. The number of nitrogens with one attached hydrogen (secondary N) is 1. The molecule has 0 spiro atoms. The lowest BCUT2D eigenvalue weighted by Gasteiger charge is -2.28. The Morgan fingerprint density at radius 3 is 2.79 bits per heavy atom. The summed E-state index contributed by atoms with van der Waals surface area (Å²) in [6.07, 6.45) is 2.11. The van der Waals surface area contributed by atoms with Gasteiger partial charge in [0.25, 0.3) is 5.91 Å². The van der Waals surface area contributed by atoms with Crippen LogP contribution in [0, 0.1) is 11.7 Å². The summed E-state index contributed by atoms with van der Waals surface area (Å²) in [6.45, 7) is 2.67. The third kappa shape index (κ3) is 3.67. The van der Waals surface area contributed by atoms with Gasteiger partial charge in [-0.25, -0.2) is 4.39 Å². The van der Waals surface area contributed by atoms with Crippen LogP contribution in [-0.2, 0) is 0 Å². The molecule has 1 heterocycles. The van der Waals surface area contributed by atoms with Gasteiger partial charge >= 0.3 is 0 Å².